The molecule has 2 aliphatic rings. The molecule has 14 heavy (non-hydrogen) atoms. The van der Waals surface area contributed by atoms with E-state index in [0.717, 1.165) is 13.0 Å². The van der Waals surface area contributed by atoms with Gasteiger partial charge in [-0.15, -0.1) is 0 Å². The van der Waals surface area contributed by atoms with Crippen molar-refractivity contribution in [3.8, 4) is 0 Å². The van der Waals surface area contributed by atoms with Crippen LogP contribution in [0.5, 0.6) is 0 Å². The van der Waals surface area contributed by atoms with Crippen molar-refractivity contribution >= 4 is 11.9 Å². The Morgan fingerprint density at radius 1 is 1.57 bits per heavy atom. The van der Waals surface area contributed by atoms with Crippen LogP contribution in [0.4, 0.5) is 0 Å². The normalized spacial score (nSPS) is 28.6. The van der Waals surface area contributed by atoms with Crippen molar-refractivity contribution in [2.75, 3.05) is 19.6 Å². The molecule has 0 bridgehead atoms. The van der Waals surface area contributed by atoms with Gasteiger partial charge in [-0.25, -0.2) is 0 Å². The van der Waals surface area contributed by atoms with Crippen LogP contribution in [0, 0.1) is 5.92 Å². The van der Waals surface area contributed by atoms with Crippen molar-refractivity contribution in [1.29, 1.82) is 0 Å². The van der Waals surface area contributed by atoms with Gasteiger partial charge in [0.05, 0.1) is 5.92 Å². The van der Waals surface area contributed by atoms with Crippen molar-refractivity contribution in [2.24, 2.45) is 5.92 Å². The fourth-order valence-electron chi connectivity index (χ4n) is 2.00. The Morgan fingerprint density at radius 2 is 2.29 bits per heavy atom. The van der Waals surface area contributed by atoms with E-state index >= 15 is 0 Å². The summed E-state index contributed by atoms with van der Waals surface area (Å²) in [6, 6.07) is 0.234. The summed E-state index contributed by atoms with van der Waals surface area (Å²) in [5.41, 5.74) is 0. The summed E-state index contributed by atoms with van der Waals surface area (Å²) in [4.78, 5) is 23.5. The van der Waals surface area contributed by atoms with Crippen LogP contribution in [-0.2, 0) is 9.59 Å². The average molecular weight is 198 g/mol. The molecule has 0 aromatic carbocycles. The number of hydrogen-bond donors (Lipinski definition) is 2. The lowest BCUT2D eigenvalue weighted by Gasteiger charge is -2.38. The van der Waals surface area contributed by atoms with Crippen molar-refractivity contribution < 1.29 is 14.7 Å². The zero-order valence-corrected chi connectivity index (χ0v) is 7.90. The fraction of sp³-hybridized carbons (Fsp3) is 0.778. The standard InChI is InChI=1S/C9H14N2O3/c12-8-2-1-7(10-8)5-11-3-6(4-11)9(13)14/h6-7H,1-5H2,(H,10,12)(H,13,14). The number of carboxylic acid groups (broad SMARTS) is 1. The largest absolute Gasteiger partial charge is 0.481 e. The zero-order chi connectivity index (χ0) is 10.1. The highest BCUT2D eigenvalue weighted by Gasteiger charge is 2.34. The third-order valence-electron chi connectivity index (χ3n) is 2.87. The highest BCUT2D eigenvalue weighted by Crippen LogP contribution is 2.18. The van der Waals surface area contributed by atoms with E-state index in [0.29, 0.717) is 19.5 Å². The van der Waals surface area contributed by atoms with E-state index in [4.69, 9.17) is 5.11 Å². The maximum absolute atomic E-state index is 10.9. The molecule has 1 amide bonds. The quantitative estimate of drug-likeness (QED) is 0.628. The molecule has 2 heterocycles. The Kier molecular flexibility index (Phi) is 2.41. The first-order valence-electron chi connectivity index (χ1n) is 4.89. The molecule has 1 atom stereocenters. The summed E-state index contributed by atoms with van der Waals surface area (Å²) in [5, 5.41) is 11.5. The molecule has 0 radical (unpaired) electrons. The van der Waals surface area contributed by atoms with Gasteiger partial charge in [-0.05, 0) is 6.42 Å². The minimum absolute atomic E-state index is 0.116. The van der Waals surface area contributed by atoms with Gasteiger partial charge in [0.25, 0.3) is 0 Å². The van der Waals surface area contributed by atoms with E-state index in [9.17, 15) is 9.59 Å². The summed E-state index contributed by atoms with van der Waals surface area (Å²) in [6.45, 7) is 2.05. The third kappa shape index (κ3) is 1.87. The minimum atomic E-state index is -0.711. The second-order valence-electron chi connectivity index (χ2n) is 4.06. The molecule has 5 heteroatoms. The number of likely N-dealkylation sites (tertiary alicyclic amines) is 1. The molecule has 2 rings (SSSR count). The first-order chi connectivity index (χ1) is 6.65. The van der Waals surface area contributed by atoms with Crippen LogP contribution in [0.25, 0.3) is 0 Å². The summed E-state index contributed by atoms with van der Waals surface area (Å²) in [7, 11) is 0. The summed E-state index contributed by atoms with van der Waals surface area (Å²) in [5.74, 6) is -0.797. The van der Waals surface area contributed by atoms with Gasteiger partial charge in [0.2, 0.25) is 5.91 Å². The molecular weight excluding hydrogens is 184 g/mol. The Balaban J connectivity index is 1.69. The lowest BCUT2D eigenvalue weighted by atomic mass is 9.99. The number of carboxylic acids is 1. The predicted octanol–water partition coefficient (Wildman–Crippen LogP) is -0.719. The average Bonchev–Trinajstić information content (AvgIpc) is 2.42. The second-order valence-corrected chi connectivity index (χ2v) is 4.06. The number of nitrogens with zero attached hydrogens (tertiary/aromatic N) is 1. The van der Waals surface area contributed by atoms with E-state index in [2.05, 4.69) is 10.2 Å². The van der Waals surface area contributed by atoms with Gasteiger partial charge in [0.15, 0.2) is 0 Å². The molecule has 2 saturated heterocycles. The van der Waals surface area contributed by atoms with E-state index in [1.807, 2.05) is 0 Å². The van der Waals surface area contributed by atoms with E-state index < -0.39 is 5.97 Å². The van der Waals surface area contributed by atoms with Crippen molar-refractivity contribution in [2.45, 2.75) is 18.9 Å². The molecule has 2 fully saturated rings. The Morgan fingerprint density at radius 3 is 2.79 bits per heavy atom. The molecule has 2 N–H and O–H groups in total. The highest BCUT2D eigenvalue weighted by molar-refractivity contribution is 5.78. The van der Waals surface area contributed by atoms with Gasteiger partial charge >= 0.3 is 5.97 Å². The molecule has 0 saturated carbocycles. The maximum atomic E-state index is 10.9. The Hall–Kier alpha value is -1.10. The van der Waals surface area contributed by atoms with Crippen LogP contribution in [0.2, 0.25) is 0 Å². The lowest BCUT2D eigenvalue weighted by Crippen LogP contribution is -2.53. The van der Waals surface area contributed by atoms with Crippen LogP contribution in [0.1, 0.15) is 12.8 Å². The molecule has 0 aromatic heterocycles. The summed E-state index contributed by atoms with van der Waals surface area (Å²) >= 11 is 0. The zero-order valence-electron chi connectivity index (χ0n) is 7.90. The molecule has 0 aliphatic carbocycles. The lowest BCUT2D eigenvalue weighted by molar-refractivity contribution is -0.147. The molecule has 0 aromatic rings. The fourth-order valence-corrected chi connectivity index (χ4v) is 2.00. The van der Waals surface area contributed by atoms with E-state index in [-0.39, 0.29) is 17.9 Å². The number of carbonyl (C=O) groups is 2. The third-order valence-corrected chi connectivity index (χ3v) is 2.87. The van der Waals surface area contributed by atoms with Crippen LogP contribution >= 0.6 is 0 Å². The van der Waals surface area contributed by atoms with E-state index in [1.54, 1.807) is 0 Å². The molecule has 2 aliphatic heterocycles. The summed E-state index contributed by atoms with van der Waals surface area (Å²) < 4.78 is 0. The first-order valence-corrected chi connectivity index (χ1v) is 4.89. The number of rotatable bonds is 3. The smallest absolute Gasteiger partial charge is 0.309 e. The Bertz CT molecular complexity index is 261. The molecule has 1 unspecified atom stereocenters. The van der Waals surface area contributed by atoms with Crippen LogP contribution < -0.4 is 5.32 Å². The monoisotopic (exact) mass is 198 g/mol. The van der Waals surface area contributed by atoms with Crippen LogP contribution in [-0.4, -0.2) is 47.6 Å². The van der Waals surface area contributed by atoms with Crippen molar-refractivity contribution in [3.63, 3.8) is 0 Å². The Labute approximate surface area is 82.1 Å². The van der Waals surface area contributed by atoms with E-state index in [1.165, 1.54) is 0 Å². The molecular formula is C9H14N2O3. The van der Waals surface area contributed by atoms with Crippen LogP contribution in [0.3, 0.4) is 0 Å². The number of hydrogen-bond acceptors (Lipinski definition) is 3. The van der Waals surface area contributed by atoms with Gasteiger partial charge in [0, 0.05) is 32.1 Å². The van der Waals surface area contributed by atoms with Crippen molar-refractivity contribution in [1.82, 2.24) is 10.2 Å². The van der Waals surface area contributed by atoms with Crippen molar-refractivity contribution in [3.05, 3.63) is 0 Å². The predicted molar refractivity (Wildman–Crippen MR) is 48.7 cm³/mol. The van der Waals surface area contributed by atoms with Gasteiger partial charge in [0.1, 0.15) is 0 Å². The highest BCUT2D eigenvalue weighted by atomic mass is 16.4. The first kappa shape index (κ1) is 9.45. The second kappa shape index (κ2) is 3.57. The summed E-state index contributed by atoms with van der Waals surface area (Å²) in [6.07, 6.45) is 1.49. The topological polar surface area (TPSA) is 69.6 Å². The number of carbonyl (C=O) groups excluding carboxylic acids is 1. The van der Waals surface area contributed by atoms with Gasteiger partial charge < -0.3 is 10.4 Å². The molecule has 5 nitrogen and oxygen atoms in total. The van der Waals surface area contributed by atoms with Crippen LogP contribution in [0.15, 0.2) is 0 Å². The number of amides is 1. The minimum Gasteiger partial charge on any atom is -0.481 e. The van der Waals surface area contributed by atoms with Gasteiger partial charge in [-0.3, -0.25) is 14.5 Å². The number of nitrogens with one attached hydrogen (secondary N) is 1. The molecule has 0 spiro atoms. The van der Waals surface area contributed by atoms with Gasteiger partial charge in [-0.1, -0.05) is 0 Å². The maximum Gasteiger partial charge on any atom is 0.309 e. The molecule has 78 valence electrons. The number of aliphatic carboxylic acids is 1. The van der Waals surface area contributed by atoms with Gasteiger partial charge in [-0.2, -0.15) is 0 Å². The SMILES string of the molecule is O=C1CCC(CN2CC(C(=O)O)C2)N1.